The van der Waals surface area contributed by atoms with Crippen LogP contribution < -0.4 is 5.32 Å². The van der Waals surface area contributed by atoms with Crippen LogP contribution in [0.4, 0.5) is 5.69 Å². The van der Waals surface area contributed by atoms with E-state index in [0.717, 1.165) is 10.9 Å². The lowest BCUT2D eigenvalue weighted by molar-refractivity contribution is 0.101. The zero-order chi connectivity index (χ0) is 19.7. The van der Waals surface area contributed by atoms with Gasteiger partial charge in [-0.25, -0.2) is 0 Å². The first-order valence-electron chi connectivity index (χ1n) is 8.73. The minimum atomic E-state index is -0.208. The normalized spacial score (nSPS) is 10.8. The molecule has 0 atom stereocenters. The largest absolute Gasteiger partial charge is 0.452 e. The highest BCUT2D eigenvalue weighted by Crippen LogP contribution is 2.30. The number of benzene rings is 3. The number of rotatable bonds is 4. The van der Waals surface area contributed by atoms with Crippen LogP contribution >= 0.6 is 11.6 Å². The molecule has 0 fully saturated rings. The molecule has 1 aromatic heterocycles. The smallest absolute Gasteiger partial charge is 0.255 e. The molecule has 1 amide bonds. The van der Waals surface area contributed by atoms with E-state index in [0.29, 0.717) is 27.4 Å². The topological polar surface area (TPSA) is 59.3 Å². The van der Waals surface area contributed by atoms with Crippen LogP contribution in [0.1, 0.15) is 32.0 Å². The molecule has 0 bridgehead atoms. The van der Waals surface area contributed by atoms with Gasteiger partial charge in [0.05, 0.1) is 0 Å². The van der Waals surface area contributed by atoms with Gasteiger partial charge in [0.2, 0.25) is 5.78 Å². The summed E-state index contributed by atoms with van der Waals surface area (Å²) in [6, 6.07) is 21.0. The molecule has 1 N–H and O–H groups in total. The summed E-state index contributed by atoms with van der Waals surface area (Å²) in [5.74, 6) is -0.123. The number of ketones is 1. The number of nitrogens with one attached hydrogen (secondary N) is 1. The highest BCUT2D eigenvalue weighted by molar-refractivity contribution is 6.30. The van der Waals surface area contributed by atoms with E-state index in [4.69, 9.17) is 16.0 Å². The van der Waals surface area contributed by atoms with Crippen molar-refractivity contribution >= 4 is 39.9 Å². The molecule has 0 aliphatic carbocycles. The maximum Gasteiger partial charge on any atom is 0.255 e. The van der Waals surface area contributed by atoms with Gasteiger partial charge in [0.1, 0.15) is 5.58 Å². The molecule has 0 radical (unpaired) electrons. The van der Waals surface area contributed by atoms with Crippen molar-refractivity contribution in [2.45, 2.75) is 6.92 Å². The molecule has 4 nitrogen and oxygen atoms in total. The van der Waals surface area contributed by atoms with E-state index in [9.17, 15) is 9.59 Å². The average molecular weight is 390 g/mol. The van der Waals surface area contributed by atoms with E-state index in [1.165, 1.54) is 0 Å². The Morgan fingerprint density at radius 2 is 1.61 bits per heavy atom. The summed E-state index contributed by atoms with van der Waals surface area (Å²) in [6.45, 7) is 1.83. The fourth-order valence-electron chi connectivity index (χ4n) is 3.04. The van der Waals surface area contributed by atoms with Gasteiger partial charge in [-0.1, -0.05) is 29.8 Å². The second kappa shape index (κ2) is 7.33. The Bertz CT molecular complexity index is 1180. The molecule has 138 valence electrons. The van der Waals surface area contributed by atoms with Crippen molar-refractivity contribution in [2.24, 2.45) is 0 Å². The van der Waals surface area contributed by atoms with Gasteiger partial charge < -0.3 is 9.73 Å². The zero-order valence-electron chi connectivity index (χ0n) is 15.0. The van der Waals surface area contributed by atoms with Crippen LogP contribution in [0.25, 0.3) is 11.0 Å². The summed E-state index contributed by atoms with van der Waals surface area (Å²) in [5, 5.41) is 4.22. The summed E-state index contributed by atoms with van der Waals surface area (Å²) in [7, 11) is 0. The number of anilines is 1. The lowest BCUT2D eigenvalue weighted by Gasteiger charge is -2.05. The van der Waals surface area contributed by atoms with Crippen LogP contribution in [0.5, 0.6) is 0 Å². The van der Waals surface area contributed by atoms with Crippen molar-refractivity contribution in [1.29, 1.82) is 0 Å². The van der Waals surface area contributed by atoms with E-state index < -0.39 is 0 Å². The molecule has 1 heterocycles. The van der Waals surface area contributed by atoms with Crippen molar-refractivity contribution in [3.8, 4) is 0 Å². The maximum absolute atomic E-state index is 12.8. The van der Waals surface area contributed by atoms with Gasteiger partial charge in [0, 0.05) is 32.8 Å². The predicted octanol–water partition coefficient (Wildman–Crippen LogP) is 5.88. The first kappa shape index (κ1) is 18.0. The molecule has 0 spiro atoms. The average Bonchev–Trinajstić information content (AvgIpc) is 3.05. The second-order valence-corrected chi connectivity index (χ2v) is 6.86. The maximum atomic E-state index is 12.8. The third-order valence-corrected chi connectivity index (χ3v) is 4.79. The molecular weight excluding hydrogens is 374 g/mol. The molecule has 0 saturated heterocycles. The van der Waals surface area contributed by atoms with Crippen LogP contribution in [-0.2, 0) is 0 Å². The van der Waals surface area contributed by atoms with E-state index >= 15 is 0 Å². The monoisotopic (exact) mass is 389 g/mol. The van der Waals surface area contributed by atoms with Crippen LogP contribution in [0.3, 0.4) is 0 Å². The van der Waals surface area contributed by atoms with Gasteiger partial charge in [-0.2, -0.15) is 0 Å². The highest BCUT2D eigenvalue weighted by Gasteiger charge is 2.19. The van der Waals surface area contributed by atoms with Crippen LogP contribution in [0.15, 0.2) is 77.2 Å². The minimum absolute atomic E-state index is 0.196. The summed E-state index contributed by atoms with van der Waals surface area (Å²) < 4.78 is 5.79. The van der Waals surface area contributed by atoms with Crippen molar-refractivity contribution in [3.63, 3.8) is 0 Å². The van der Waals surface area contributed by atoms with Gasteiger partial charge in [-0.15, -0.1) is 0 Å². The van der Waals surface area contributed by atoms with Gasteiger partial charge in [0.15, 0.2) is 5.76 Å². The lowest BCUT2D eigenvalue weighted by Crippen LogP contribution is -2.11. The fraction of sp³-hybridized carbons (Fsp3) is 0.0435. The lowest BCUT2D eigenvalue weighted by atomic mass is 10.0. The first-order chi connectivity index (χ1) is 13.5. The SMILES string of the molecule is Cc1c(C(=O)c2ccc(Cl)cc2)oc2ccc(NC(=O)c3ccccc3)cc12. The van der Waals surface area contributed by atoms with Gasteiger partial charge in [0.25, 0.3) is 5.91 Å². The predicted molar refractivity (Wildman–Crippen MR) is 110 cm³/mol. The highest BCUT2D eigenvalue weighted by atomic mass is 35.5. The Morgan fingerprint density at radius 3 is 2.32 bits per heavy atom. The van der Waals surface area contributed by atoms with Crippen LogP contribution in [0.2, 0.25) is 5.02 Å². The minimum Gasteiger partial charge on any atom is -0.452 e. The quantitative estimate of drug-likeness (QED) is 0.443. The molecule has 28 heavy (non-hydrogen) atoms. The second-order valence-electron chi connectivity index (χ2n) is 6.42. The van der Waals surface area contributed by atoms with Crippen molar-refractivity contribution < 1.29 is 14.0 Å². The number of hydrogen-bond acceptors (Lipinski definition) is 3. The van der Waals surface area contributed by atoms with Crippen molar-refractivity contribution in [1.82, 2.24) is 0 Å². The van der Waals surface area contributed by atoms with Crippen molar-refractivity contribution in [2.75, 3.05) is 5.32 Å². The Morgan fingerprint density at radius 1 is 0.893 bits per heavy atom. The van der Waals surface area contributed by atoms with Crippen LogP contribution in [-0.4, -0.2) is 11.7 Å². The van der Waals surface area contributed by atoms with Gasteiger partial charge in [-0.3, -0.25) is 9.59 Å². The molecule has 0 aliphatic heterocycles. The third-order valence-electron chi connectivity index (χ3n) is 4.54. The number of fused-ring (bicyclic) bond motifs is 1. The van der Waals surface area contributed by atoms with Crippen LogP contribution in [0, 0.1) is 6.92 Å². The first-order valence-corrected chi connectivity index (χ1v) is 9.10. The number of carbonyl (C=O) groups is 2. The Balaban J connectivity index is 1.65. The Hall–Kier alpha value is -3.37. The number of furan rings is 1. The Kier molecular flexibility index (Phi) is 4.72. The number of carbonyl (C=O) groups excluding carboxylic acids is 2. The Labute approximate surface area is 166 Å². The molecule has 0 saturated carbocycles. The number of amides is 1. The van der Waals surface area contributed by atoms with E-state index in [2.05, 4.69) is 5.32 Å². The molecule has 4 rings (SSSR count). The summed E-state index contributed by atoms with van der Waals surface area (Å²) in [6.07, 6.45) is 0. The zero-order valence-corrected chi connectivity index (χ0v) is 15.8. The van der Waals surface area contributed by atoms with Gasteiger partial charge in [-0.05, 0) is 61.5 Å². The van der Waals surface area contributed by atoms with E-state index in [1.54, 1.807) is 48.5 Å². The summed E-state index contributed by atoms with van der Waals surface area (Å²) in [4.78, 5) is 25.2. The molecule has 0 aliphatic rings. The molecule has 3 aromatic carbocycles. The van der Waals surface area contributed by atoms with E-state index in [-0.39, 0.29) is 17.5 Å². The number of aryl methyl sites for hydroxylation is 1. The number of hydrogen-bond donors (Lipinski definition) is 1. The molecule has 5 heteroatoms. The van der Waals surface area contributed by atoms with Crippen molar-refractivity contribution in [3.05, 3.63) is 100 Å². The third kappa shape index (κ3) is 3.42. The fourth-order valence-corrected chi connectivity index (χ4v) is 3.17. The summed E-state index contributed by atoms with van der Waals surface area (Å²) >= 11 is 5.89. The number of halogens is 1. The summed E-state index contributed by atoms with van der Waals surface area (Å²) in [5.41, 5.74) is 3.03. The van der Waals surface area contributed by atoms with Gasteiger partial charge >= 0.3 is 0 Å². The van der Waals surface area contributed by atoms with E-state index in [1.807, 2.05) is 31.2 Å². The molecule has 0 unspecified atom stereocenters. The molecular formula is C23H16ClNO3. The standard InChI is InChI=1S/C23H16ClNO3/c1-14-19-13-18(25-23(27)16-5-3-2-4-6-16)11-12-20(19)28-22(14)21(26)15-7-9-17(24)10-8-15/h2-13H,1H3,(H,25,27). The molecule has 4 aromatic rings.